The predicted octanol–water partition coefficient (Wildman–Crippen LogP) is 1.16. The van der Waals surface area contributed by atoms with Crippen LogP contribution in [-0.4, -0.2) is 14.9 Å². The highest BCUT2D eigenvalue weighted by Gasteiger charge is 2.18. The SMILES string of the molecule is Cc1c(C(F)F)nn(C)c1CO. The quantitative estimate of drug-likeness (QED) is 0.734. The molecule has 1 rings (SSSR count). The second-order valence-electron chi connectivity index (χ2n) is 2.54. The number of alkyl halides is 2. The van der Waals surface area contributed by atoms with E-state index in [0.717, 1.165) is 0 Å². The number of halogens is 2. The highest BCUT2D eigenvalue weighted by atomic mass is 19.3. The van der Waals surface area contributed by atoms with E-state index in [4.69, 9.17) is 5.11 Å². The Morgan fingerprint density at radius 3 is 2.42 bits per heavy atom. The Bertz CT molecular complexity index is 283. The van der Waals surface area contributed by atoms with Crippen LogP contribution < -0.4 is 0 Å². The molecule has 0 bridgehead atoms. The largest absolute Gasteiger partial charge is 0.390 e. The van der Waals surface area contributed by atoms with Gasteiger partial charge in [0, 0.05) is 12.6 Å². The number of rotatable bonds is 2. The monoisotopic (exact) mass is 176 g/mol. The third-order valence-electron chi connectivity index (χ3n) is 1.82. The average molecular weight is 176 g/mol. The summed E-state index contributed by atoms with van der Waals surface area (Å²) in [6.45, 7) is 1.27. The smallest absolute Gasteiger partial charge is 0.282 e. The maximum Gasteiger partial charge on any atom is 0.282 e. The Hall–Kier alpha value is -0.970. The van der Waals surface area contributed by atoms with Gasteiger partial charge in [0.1, 0.15) is 5.69 Å². The van der Waals surface area contributed by atoms with Crippen molar-refractivity contribution >= 4 is 0 Å². The first kappa shape index (κ1) is 9.12. The second-order valence-corrected chi connectivity index (χ2v) is 2.54. The lowest BCUT2D eigenvalue weighted by molar-refractivity contribution is 0.144. The Balaban J connectivity index is 3.17. The number of aromatic nitrogens is 2. The zero-order valence-corrected chi connectivity index (χ0v) is 6.88. The van der Waals surface area contributed by atoms with Crippen LogP contribution in [0.4, 0.5) is 8.78 Å². The maximum absolute atomic E-state index is 12.2. The van der Waals surface area contributed by atoms with E-state index in [0.29, 0.717) is 11.3 Å². The Kier molecular flexibility index (Phi) is 2.42. The zero-order valence-electron chi connectivity index (χ0n) is 6.88. The van der Waals surface area contributed by atoms with Gasteiger partial charge in [0.2, 0.25) is 0 Å². The molecule has 1 aromatic rings. The fraction of sp³-hybridized carbons (Fsp3) is 0.571. The predicted molar refractivity (Wildman–Crippen MR) is 38.8 cm³/mol. The van der Waals surface area contributed by atoms with Crippen LogP contribution in [0.5, 0.6) is 0 Å². The molecule has 0 unspecified atom stereocenters. The van der Waals surface area contributed by atoms with Crippen molar-refractivity contribution in [3.8, 4) is 0 Å². The van der Waals surface area contributed by atoms with Crippen LogP contribution >= 0.6 is 0 Å². The van der Waals surface area contributed by atoms with E-state index in [-0.39, 0.29) is 12.3 Å². The number of aryl methyl sites for hydroxylation is 1. The summed E-state index contributed by atoms with van der Waals surface area (Å²) in [5, 5.41) is 12.4. The molecule has 0 saturated heterocycles. The molecule has 1 N–H and O–H groups in total. The molecule has 0 spiro atoms. The molecule has 0 saturated carbocycles. The van der Waals surface area contributed by atoms with E-state index in [1.807, 2.05) is 0 Å². The van der Waals surface area contributed by atoms with Crippen molar-refractivity contribution in [2.24, 2.45) is 7.05 Å². The van der Waals surface area contributed by atoms with Crippen LogP contribution in [-0.2, 0) is 13.7 Å². The normalized spacial score (nSPS) is 11.2. The summed E-state index contributed by atoms with van der Waals surface area (Å²) in [6.07, 6.45) is -2.57. The lowest BCUT2D eigenvalue weighted by Gasteiger charge is -1.96. The van der Waals surface area contributed by atoms with Crippen molar-refractivity contribution in [3.05, 3.63) is 17.0 Å². The van der Waals surface area contributed by atoms with Gasteiger partial charge in [-0.15, -0.1) is 0 Å². The molecule has 0 amide bonds. The highest BCUT2D eigenvalue weighted by molar-refractivity contribution is 5.24. The van der Waals surface area contributed by atoms with Crippen molar-refractivity contribution in [2.75, 3.05) is 0 Å². The van der Waals surface area contributed by atoms with Gasteiger partial charge < -0.3 is 5.11 Å². The van der Waals surface area contributed by atoms with Crippen LogP contribution in [0, 0.1) is 6.92 Å². The fourth-order valence-electron chi connectivity index (χ4n) is 1.12. The van der Waals surface area contributed by atoms with E-state index in [9.17, 15) is 8.78 Å². The first-order valence-electron chi connectivity index (χ1n) is 3.49. The van der Waals surface area contributed by atoms with Crippen molar-refractivity contribution in [1.29, 1.82) is 0 Å². The van der Waals surface area contributed by atoms with Gasteiger partial charge in [-0.25, -0.2) is 8.78 Å². The van der Waals surface area contributed by atoms with Crippen molar-refractivity contribution in [1.82, 2.24) is 9.78 Å². The molecule has 0 aliphatic heterocycles. The zero-order chi connectivity index (χ0) is 9.30. The van der Waals surface area contributed by atoms with Crippen LogP contribution in [0.15, 0.2) is 0 Å². The summed E-state index contributed by atoms with van der Waals surface area (Å²) in [5.41, 5.74) is 0.557. The first-order chi connectivity index (χ1) is 5.57. The van der Waals surface area contributed by atoms with Crippen LogP contribution in [0.3, 0.4) is 0 Å². The van der Waals surface area contributed by atoms with Crippen LogP contribution in [0.25, 0.3) is 0 Å². The highest BCUT2D eigenvalue weighted by Crippen LogP contribution is 2.23. The molecule has 0 radical (unpaired) electrons. The number of aliphatic hydroxyl groups excluding tert-OH is 1. The van der Waals surface area contributed by atoms with E-state index in [1.165, 1.54) is 18.7 Å². The van der Waals surface area contributed by atoms with E-state index >= 15 is 0 Å². The van der Waals surface area contributed by atoms with Gasteiger partial charge in [-0.2, -0.15) is 5.10 Å². The summed E-state index contributed by atoms with van der Waals surface area (Å²) < 4.78 is 25.7. The van der Waals surface area contributed by atoms with Gasteiger partial charge in [-0.3, -0.25) is 4.68 Å². The molecule has 12 heavy (non-hydrogen) atoms. The summed E-state index contributed by atoms with van der Waals surface area (Å²) >= 11 is 0. The van der Waals surface area contributed by atoms with Gasteiger partial charge in [-0.05, 0) is 6.92 Å². The lowest BCUT2D eigenvalue weighted by atomic mass is 10.2. The number of nitrogens with zero attached hydrogens (tertiary/aromatic N) is 2. The van der Waals surface area contributed by atoms with Crippen LogP contribution in [0.1, 0.15) is 23.4 Å². The van der Waals surface area contributed by atoms with E-state index < -0.39 is 6.43 Å². The third kappa shape index (κ3) is 1.32. The second kappa shape index (κ2) is 3.18. The standard InChI is InChI=1S/C7H10F2N2O/c1-4-5(3-12)11(2)10-6(4)7(8)9/h7,12H,3H2,1-2H3. The topological polar surface area (TPSA) is 38.0 Å². The van der Waals surface area contributed by atoms with E-state index in [2.05, 4.69) is 5.10 Å². The van der Waals surface area contributed by atoms with Gasteiger partial charge in [-0.1, -0.05) is 0 Å². The summed E-state index contributed by atoms with van der Waals surface area (Å²) in [7, 11) is 1.53. The molecular formula is C7H10F2N2O. The Morgan fingerprint density at radius 2 is 2.17 bits per heavy atom. The fourth-order valence-corrected chi connectivity index (χ4v) is 1.12. The lowest BCUT2D eigenvalue weighted by Crippen LogP contribution is -1.98. The minimum atomic E-state index is -2.57. The Morgan fingerprint density at radius 1 is 1.58 bits per heavy atom. The van der Waals surface area contributed by atoms with Gasteiger partial charge in [0.05, 0.1) is 12.3 Å². The summed E-state index contributed by atoms with van der Waals surface area (Å²) in [6, 6.07) is 0. The molecule has 1 aromatic heterocycles. The van der Waals surface area contributed by atoms with Crippen LogP contribution in [0.2, 0.25) is 0 Å². The van der Waals surface area contributed by atoms with Crippen molar-refractivity contribution in [3.63, 3.8) is 0 Å². The van der Waals surface area contributed by atoms with Crippen molar-refractivity contribution < 1.29 is 13.9 Å². The summed E-state index contributed by atoms with van der Waals surface area (Å²) in [5.74, 6) is 0. The van der Waals surface area contributed by atoms with Gasteiger partial charge in [0.25, 0.3) is 6.43 Å². The molecular weight excluding hydrogens is 166 g/mol. The summed E-state index contributed by atoms with van der Waals surface area (Å²) in [4.78, 5) is 0. The molecule has 0 aliphatic carbocycles. The molecule has 3 nitrogen and oxygen atoms in total. The molecule has 0 aliphatic rings. The van der Waals surface area contributed by atoms with Gasteiger partial charge >= 0.3 is 0 Å². The molecule has 68 valence electrons. The maximum atomic E-state index is 12.2. The third-order valence-corrected chi connectivity index (χ3v) is 1.82. The average Bonchev–Trinajstić information content (AvgIpc) is 2.27. The number of hydrogen-bond acceptors (Lipinski definition) is 2. The number of hydrogen-bond donors (Lipinski definition) is 1. The van der Waals surface area contributed by atoms with E-state index in [1.54, 1.807) is 0 Å². The number of aliphatic hydroxyl groups is 1. The first-order valence-corrected chi connectivity index (χ1v) is 3.49. The molecule has 5 heteroatoms. The molecule has 0 fully saturated rings. The van der Waals surface area contributed by atoms with Crippen molar-refractivity contribution in [2.45, 2.75) is 20.0 Å². The molecule has 1 heterocycles. The molecule has 0 aromatic carbocycles. The molecule has 0 atom stereocenters. The minimum Gasteiger partial charge on any atom is -0.390 e. The Labute approximate surface area is 68.6 Å². The minimum absolute atomic E-state index is 0.249. The van der Waals surface area contributed by atoms with Gasteiger partial charge in [0.15, 0.2) is 0 Å².